The van der Waals surface area contributed by atoms with Crippen molar-refractivity contribution in [2.45, 2.75) is 44.6 Å². The molecule has 0 unspecified atom stereocenters. The highest BCUT2D eigenvalue weighted by atomic mass is 16.5. The van der Waals surface area contributed by atoms with Gasteiger partial charge in [0.05, 0.1) is 26.5 Å². The maximum atomic E-state index is 13.0. The van der Waals surface area contributed by atoms with Gasteiger partial charge in [-0.25, -0.2) is 9.97 Å². The van der Waals surface area contributed by atoms with E-state index in [1.165, 1.54) is 12.8 Å². The van der Waals surface area contributed by atoms with Gasteiger partial charge in [-0.15, -0.1) is 0 Å². The van der Waals surface area contributed by atoms with E-state index in [1.54, 1.807) is 38.7 Å². The molecule has 0 bridgehead atoms. The molecule has 2 N–H and O–H groups in total. The quantitative estimate of drug-likeness (QED) is 0.725. The fraction of sp³-hybridized carbons (Fsp3) is 0.522. The number of hydrogen-bond acceptors (Lipinski definition) is 7. The van der Waals surface area contributed by atoms with Crippen LogP contribution in [0.5, 0.6) is 17.2 Å². The van der Waals surface area contributed by atoms with Gasteiger partial charge in [0.25, 0.3) is 5.91 Å². The fourth-order valence-corrected chi connectivity index (χ4v) is 4.15. The first kappa shape index (κ1) is 21.2. The average Bonchev–Trinajstić information content (AvgIpc) is 3.64. The lowest BCUT2D eigenvalue weighted by molar-refractivity contribution is 0.0706. The number of nitrogens with two attached hydrogens (primary N) is 1. The Balaban J connectivity index is 1.41. The summed E-state index contributed by atoms with van der Waals surface area (Å²) in [7, 11) is 3.21. The van der Waals surface area contributed by atoms with Crippen molar-refractivity contribution in [3.8, 4) is 17.2 Å². The van der Waals surface area contributed by atoms with Crippen molar-refractivity contribution in [3.05, 3.63) is 35.8 Å². The number of amides is 1. The minimum atomic E-state index is -0.0964. The van der Waals surface area contributed by atoms with Crippen molar-refractivity contribution < 1.29 is 19.0 Å². The van der Waals surface area contributed by atoms with Crippen LogP contribution in [0, 0.1) is 5.92 Å². The summed E-state index contributed by atoms with van der Waals surface area (Å²) < 4.78 is 16.9. The number of anilines is 1. The summed E-state index contributed by atoms with van der Waals surface area (Å²) in [5, 5.41) is 0. The molecule has 8 heteroatoms. The molecule has 8 nitrogen and oxygen atoms in total. The van der Waals surface area contributed by atoms with Gasteiger partial charge in [-0.3, -0.25) is 4.79 Å². The molecule has 2 aromatic rings. The van der Waals surface area contributed by atoms with Gasteiger partial charge >= 0.3 is 0 Å². The predicted molar refractivity (Wildman–Crippen MR) is 117 cm³/mol. The lowest BCUT2D eigenvalue weighted by Gasteiger charge is -2.32. The molecular formula is C23H30N4O4. The lowest BCUT2D eigenvalue weighted by atomic mass is 9.89. The van der Waals surface area contributed by atoms with Gasteiger partial charge in [-0.2, -0.15) is 0 Å². The molecule has 3 heterocycles. The van der Waals surface area contributed by atoms with Crippen LogP contribution < -0.4 is 19.9 Å². The smallest absolute Gasteiger partial charge is 0.272 e. The number of ether oxygens (including phenoxy) is 3. The van der Waals surface area contributed by atoms with Gasteiger partial charge in [0, 0.05) is 37.0 Å². The Labute approximate surface area is 182 Å². The van der Waals surface area contributed by atoms with Crippen LogP contribution in [0.15, 0.2) is 24.5 Å². The number of likely N-dealkylation sites (tertiary alicyclic amines) is 1. The van der Waals surface area contributed by atoms with Gasteiger partial charge in [-0.1, -0.05) is 0 Å². The van der Waals surface area contributed by atoms with E-state index in [9.17, 15) is 4.79 Å². The van der Waals surface area contributed by atoms with Gasteiger partial charge in [0.15, 0.2) is 11.5 Å². The first-order chi connectivity index (χ1) is 15.0. The Bertz CT molecular complexity index is 939. The van der Waals surface area contributed by atoms with Gasteiger partial charge < -0.3 is 24.8 Å². The first-order valence-electron chi connectivity index (χ1n) is 10.8. The second-order valence-corrected chi connectivity index (χ2v) is 8.30. The van der Waals surface area contributed by atoms with Gasteiger partial charge in [-0.05, 0) is 44.4 Å². The maximum absolute atomic E-state index is 13.0. The van der Waals surface area contributed by atoms with E-state index in [0.717, 1.165) is 24.2 Å². The highest BCUT2D eigenvalue weighted by Crippen LogP contribution is 2.37. The van der Waals surface area contributed by atoms with E-state index in [0.29, 0.717) is 42.0 Å². The van der Waals surface area contributed by atoms with Crippen LogP contribution in [0.4, 0.5) is 5.82 Å². The van der Waals surface area contributed by atoms with Crippen molar-refractivity contribution in [3.63, 3.8) is 0 Å². The molecule has 1 aliphatic heterocycles. The number of methoxy groups -OCH3 is 2. The number of carbonyl (C=O) groups excluding carboxylic acids is 1. The summed E-state index contributed by atoms with van der Waals surface area (Å²) in [6.45, 7) is 3.34. The molecule has 166 valence electrons. The molecule has 31 heavy (non-hydrogen) atoms. The summed E-state index contributed by atoms with van der Waals surface area (Å²) in [5.41, 5.74) is 7.17. The molecule has 2 aromatic heterocycles. The van der Waals surface area contributed by atoms with Crippen LogP contribution >= 0.6 is 0 Å². The molecule has 1 aliphatic carbocycles. The molecule has 1 saturated carbocycles. The van der Waals surface area contributed by atoms with Gasteiger partial charge in [0.1, 0.15) is 17.3 Å². The normalized spacial score (nSPS) is 17.8. The summed E-state index contributed by atoms with van der Waals surface area (Å²) in [5.74, 6) is 3.09. The zero-order chi connectivity index (χ0) is 22.0. The molecule has 0 aromatic carbocycles. The Morgan fingerprint density at radius 2 is 1.74 bits per heavy atom. The molecule has 1 amide bonds. The minimum Gasteiger partial charge on any atom is -0.496 e. The second kappa shape index (κ2) is 8.99. The number of rotatable bonds is 7. The number of carbonyl (C=O) groups is 1. The lowest BCUT2D eigenvalue weighted by Crippen LogP contribution is -2.38. The summed E-state index contributed by atoms with van der Waals surface area (Å²) in [4.78, 5) is 23.5. The van der Waals surface area contributed by atoms with Crippen LogP contribution in [0.2, 0.25) is 0 Å². The Morgan fingerprint density at radius 1 is 1.03 bits per heavy atom. The third kappa shape index (κ3) is 4.68. The largest absolute Gasteiger partial charge is 0.496 e. The highest BCUT2D eigenvalue weighted by molar-refractivity contribution is 5.93. The van der Waals surface area contributed by atoms with Crippen molar-refractivity contribution >= 4 is 11.7 Å². The first-order valence-corrected chi connectivity index (χ1v) is 10.8. The fourth-order valence-electron chi connectivity index (χ4n) is 4.15. The van der Waals surface area contributed by atoms with E-state index in [-0.39, 0.29) is 17.9 Å². The van der Waals surface area contributed by atoms with Crippen LogP contribution in [-0.4, -0.2) is 54.2 Å². The monoisotopic (exact) mass is 426 g/mol. The van der Waals surface area contributed by atoms with Crippen LogP contribution in [0.3, 0.4) is 0 Å². The Morgan fingerprint density at radius 3 is 2.39 bits per heavy atom. The molecule has 2 aliphatic rings. The number of pyridine rings is 2. The third-order valence-corrected chi connectivity index (χ3v) is 6.23. The Hall–Kier alpha value is -3.03. The van der Waals surface area contributed by atoms with Crippen LogP contribution in [-0.2, 0) is 0 Å². The third-order valence-electron chi connectivity index (χ3n) is 6.23. The summed E-state index contributed by atoms with van der Waals surface area (Å²) >= 11 is 0. The van der Waals surface area contributed by atoms with E-state index >= 15 is 0 Å². The summed E-state index contributed by atoms with van der Waals surface area (Å²) in [6, 6.07) is 3.42. The summed E-state index contributed by atoms with van der Waals surface area (Å²) in [6.07, 6.45) is 7.54. The number of nitrogens with zero attached hydrogens (tertiary/aromatic N) is 3. The van der Waals surface area contributed by atoms with E-state index in [2.05, 4.69) is 16.9 Å². The molecular weight excluding hydrogens is 396 g/mol. The topological polar surface area (TPSA) is 99.8 Å². The standard InChI is InChI=1S/C23H30N4O4/c1-14(15-4-5-15)31-21-13-25-18(10-20(21)30-3)23(28)27-8-6-16(7-9-27)17-12-26-22(24)11-19(17)29-2/h10-16H,4-9H2,1-3H3,(H2,24,26)/t14-/m0/s1. The molecule has 1 atom stereocenters. The van der Waals surface area contributed by atoms with Gasteiger partial charge in [0.2, 0.25) is 0 Å². The molecule has 0 spiro atoms. The molecule has 0 radical (unpaired) electrons. The number of nitrogen functional groups attached to an aromatic ring is 1. The number of aromatic nitrogens is 2. The van der Waals surface area contributed by atoms with Crippen molar-refractivity contribution in [1.29, 1.82) is 0 Å². The SMILES string of the molecule is COc1cc(C(=O)N2CCC(c3cnc(N)cc3OC)CC2)ncc1O[C@@H](C)C1CC1. The molecule has 1 saturated heterocycles. The average molecular weight is 427 g/mol. The van der Waals surface area contributed by atoms with Crippen molar-refractivity contribution in [2.24, 2.45) is 5.92 Å². The maximum Gasteiger partial charge on any atom is 0.272 e. The van der Waals surface area contributed by atoms with E-state index < -0.39 is 0 Å². The van der Waals surface area contributed by atoms with E-state index in [1.807, 2.05) is 4.90 Å². The second-order valence-electron chi connectivity index (χ2n) is 8.30. The highest BCUT2D eigenvalue weighted by Gasteiger charge is 2.31. The van der Waals surface area contributed by atoms with Crippen molar-refractivity contribution in [1.82, 2.24) is 14.9 Å². The zero-order valence-corrected chi connectivity index (χ0v) is 18.3. The van der Waals surface area contributed by atoms with E-state index in [4.69, 9.17) is 19.9 Å². The minimum absolute atomic E-state index is 0.0964. The number of piperidine rings is 1. The zero-order valence-electron chi connectivity index (χ0n) is 18.3. The van der Waals surface area contributed by atoms with Crippen LogP contribution in [0.25, 0.3) is 0 Å². The number of hydrogen-bond donors (Lipinski definition) is 1. The van der Waals surface area contributed by atoms with Crippen LogP contribution in [0.1, 0.15) is 54.6 Å². The predicted octanol–water partition coefficient (Wildman–Crippen LogP) is 3.27. The van der Waals surface area contributed by atoms with Crippen molar-refractivity contribution in [2.75, 3.05) is 33.0 Å². The molecule has 2 fully saturated rings. The molecule has 4 rings (SSSR count). The Kier molecular flexibility index (Phi) is 6.15.